The van der Waals surface area contributed by atoms with Gasteiger partial charge in [0.2, 0.25) is 0 Å². The molecule has 0 amide bonds. The Labute approximate surface area is 505 Å². The van der Waals surface area contributed by atoms with Crippen LogP contribution in [0.5, 0.6) is 0 Å². The number of rotatable bonds is 58. The molecule has 0 aliphatic rings. The summed E-state index contributed by atoms with van der Waals surface area (Å²) in [6.07, 6.45) is 111. The van der Waals surface area contributed by atoms with E-state index in [0.717, 1.165) is 148 Å². The van der Waals surface area contributed by atoms with E-state index in [-0.39, 0.29) is 25.2 Å². The molecule has 0 saturated carbocycles. The lowest BCUT2D eigenvalue weighted by molar-refractivity contribution is -0.161. The molecule has 0 spiro atoms. The summed E-state index contributed by atoms with van der Waals surface area (Å²) in [6.45, 7) is 3.90. The Balaban J connectivity index is 3.61. The zero-order chi connectivity index (χ0) is 59.1. The molecule has 0 rings (SSSR count). The molecule has 0 saturated heterocycles. The number of hydrogen-bond acceptors (Lipinski definition) is 5. The van der Waals surface area contributed by atoms with Gasteiger partial charge >= 0.3 is 11.9 Å². The Morgan fingerprint density at radius 3 is 0.732 bits per heavy atom. The molecule has 0 aromatic heterocycles. The van der Waals surface area contributed by atoms with Gasteiger partial charge in [0.15, 0.2) is 6.10 Å². The SMILES string of the molecule is CC/C=C\C/C=C\C/C=C\C/C=C\C/C=C\C/C=C\C/C=C\C/C=C\C/C=C\C/C=C\CCCCCCCCCCCCC(=O)OC(CO)COC(=O)CCCCCCCCCC/C=C\C/C=C\C/C=C\C/C=C\C/C=C\C/C=C\CC. The fourth-order valence-electron chi connectivity index (χ4n) is 8.53. The van der Waals surface area contributed by atoms with Crippen molar-refractivity contribution in [1.29, 1.82) is 0 Å². The standard InChI is InChI=1S/C77H120O5/c1-3-5-7-9-11-13-15-17-19-21-23-25-27-29-31-32-33-34-35-36-37-38-39-40-41-42-43-44-46-48-50-52-54-56-58-60-62-64-66-68-70-72-77(80)82-75(73-78)74-81-76(79)71-69-67-65-63-61-59-57-55-53-51-49-47-45-30-28-26-24-22-20-18-16-14-12-10-8-6-4-2/h5-8,11-14,17-20,23-26,29-31,33-34,36-37,39-40,42-43,45-46,48-49,51,75,78H,3-4,9-10,15-16,21-22,27-28,32,35,38,41,44,47,50,52-74H2,1-2H3/b7-5-,8-6-,13-11-,14-12-,19-17-,20-18-,25-23-,26-24-,31-29-,34-33-,37-36-,40-39-,43-42-,45-30-,48-46-,51-49-. The number of hydrogen-bond donors (Lipinski definition) is 1. The average Bonchev–Trinajstić information content (AvgIpc) is 3.49. The van der Waals surface area contributed by atoms with E-state index in [0.29, 0.717) is 12.8 Å². The molecular formula is C77H120O5. The lowest BCUT2D eigenvalue weighted by Crippen LogP contribution is -2.28. The fourth-order valence-corrected chi connectivity index (χ4v) is 8.53. The Bertz CT molecular complexity index is 1900. The number of aliphatic hydroxyl groups excluding tert-OH is 1. The third kappa shape index (κ3) is 67.2. The summed E-state index contributed by atoms with van der Waals surface area (Å²) in [6, 6.07) is 0. The summed E-state index contributed by atoms with van der Waals surface area (Å²) >= 11 is 0. The summed E-state index contributed by atoms with van der Waals surface area (Å²) in [5.41, 5.74) is 0. The second kappa shape index (κ2) is 70.0. The molecule has 0 aliphatic heterocycles. The molecule has 5 nitrogen and oxygen atoms in total. The molecule has 5 heteroatoms. The highest BCUT2D eigenvalue weighted by atomic mass is 16.6. The molecular weight excluding hydrogens is 1000 g/mol. The van der Waals surface area contributed by atoms with Crippen molar-refractivity contribution >= 4 is 11.9 Å². The molecule has 0 fully saturated rings. The number of carbonyl (C=O) groups excluding carboxylic acids is 2. The maximum Gasteiger partial charge on any atom is 0.306 e. The first-order valence-electron chi connectivity index (χ1n) is 33.0. The molecule has 458 valence electrons. The topological polar surface area (TPSA) is 72.8 Å². The minimum atomic E-state index is -0.794. The van der Waals surface area contributed by atoms with E-state index in [1.54, 1.807) is 0 Å². The summed E-state index contributed by atoms with van der Waals surface area (Å²) < 4.78 is 10.7. The summed E-state index contributed by atoms with van der Waals surface area (Å²) in [5.74, 6) is -0.616. The van der Waals surface area contributed by atoms with Crippen LogP contribution in [0.4, 0.5) is 0 Å². The normalized spacial score (nSPS) is 13.5. The van der Waals surface area contributed by atoms with Crippen LogP contribution in [0, 0.1) is 0 Å². The number of allylic oxidation sites excluding steroid dienone is 32. The van der Waals surface area contributed by atoms with Gasteiger partial charge in [0.05, 0.1) is 6.61 Å². The number of unbranched alkanes of at least 4 members (excludes halogenated alkanes) is 18. The van der Waals surface area contributed by atoms with Crippen LogP contribution in [0.15, 0.2) is 194 Å². The van der Waals surface area contributed by atoms with E-state index in [2.05, 4.69) is 208 Å². The number of esters is 2. The van der Waals surface area contributed by atoms with Crippen molar-refractivity contribution in [3.8, 4) is 0 Å². The summed E-state index contributed by atoms with van der Waals surface area (Å²) in [7, 11) is 0. The van der Waals surface area contributed by atoms with E-state index < -0.39 is 6.10 Å². The number of ether oxygens (including phenoxy) is 2. The molecule has 0 aromatic rings. The van der Waals surface area contributed by atoms with Crippen LogP contribution in [0.1, 0.15) is 258 Å². The van der Waals surface area contributed by atoms with Crippen molar-refractivity contribution in [2.75, 3.05) is 13.2 Å². The lowest BCUT2D eigenvalue weighted by Gasteiger charge is -2.15. The summed E-state index contributed by atoms with van der Waals surface area (Å²) in [5, 5.41) is 9.69. The Kier molecular flexibility index (Phi) is 65.5. The lowest BCUT2D eigenvalue weighted by atomic mass is 10.0. The molecule has 1 atom stereocenters. The molecule has 0 bridgehead atoms. The van der Waals surface area contributed by atoms with Gasteiger partial charge in [0, 0.05) is 12.8 Å². The van der Waals surface area contributed by atoms with Gasteiger partial charge in [0.1, 0.15) is 6.61 Å². The Morgan fingerprint density at radius 2 is 0.488 bits per heavy atom. The highest BCUT2D eigenvalue weighted by Crippen LogP contribution is 2.15. The Morgan fingerprint density at radius 1 is 0.280 bits per heavy atom. The zero-order valence-corrected chi connectivity index (χ0v) is 52.4. The van der Waals surface area contributed by atoms with Gasteiger partial charge in [-0.3, -0.25) is 9.59 Å². The van der Waals surface area contributed by atoms with Gasteiger partial charge < -0.3 is 14.6 Å². The van der Waals surface area contributed by atoms with E-state index >= 15 is 0 Å². The first-order chi connectivity index (χ1) is 40.6. The van der Waals surface area contributed by atoms with E-state index in [9.17, 15) is 14.7 Å². The van der Waals surface area contributed by atoms with Gasteiger partial charge in [-0.1, -0.05) is 298 Å². The smallest absolute Gasteiger partial charge is 0.306 e. The molecule has 0 aliphatic carbocycles. The largest absolute Gasteiger partial charge is 0.462 e. The van der Waals surface area contributed by atoms with Crippen LogP contribution >= 0.6 is 0 Å². The van der Waals surface area contributed by atoms with E-state index in [1.807, 2.05) is 0 Å². The number of carbonyl (C=O) groups is 2. The van der Waals surface area contributed by atoms with Crippen LogP contribution in [-0.4, -0.2) is 36.4 Å². The second-order valence-electron chi connectivity index (χ2n) is 21.1. The number of aliphatic hydroxyl groups is 1. The minimum Gasteiger partial charge on any atom is -0.462 e. The van der Waals surface area contributed by atoms with Gasteiger partial charge in [-0.25, -0.2) is 0 Å². The molecule has 1 unspecified atom stereocenters. The first kappa shape index (κ1) is 76.7. The first-order valence-corrected chi connectivity index (χ1v) is 33.0. The van der Waals surface area contributed by atoms with Gasteiger partial charge in [-0.2, -0.15) is 0 Å². The molecule has 0 radical (unpaired) electrons. The van der Waals surface area contributed by atoms with Crippen LogP contribution in [-0.2, 0) is 19.1 Å². The van der Waals surface area contributed by atoms with Crippen LogP contribution < -0.4 is 0 Å². The van der Waals surface area contributed by atoms with Gasteiger partial charge in [-0.05, 0) is 141 Å². The van der Waals surface area contributed by atoms with Crippen molar-refractivity contribution in [2.24, 2.45) is 0 Å². The highest BCUT2D eigenvalue weighted by molar-refractivity contribution is 5.70. The van der Waals surface area contributed by atoms with Crippen molar-refractivity contribution in [2.45, 2.75) is 264 Å². The van der Waals surface area contributed by atoms with Crippen LogP contribution in [0.25, 0.3) is 0 Å². The fraction of sp³-hybridized carbons (Fsp3) is 0.558. The van der Waals surface area contributed by atoms with Crippen molar-refractivity contribution in [3.63, 3.8) is 0 Å². The predicted molar refractivity (Wildman–Crippen MR) is 361 cm³/mol. The average molecular weight is 1130 g/mol. The third-order valence-electron chi connectivity index (χ3n) is 13.4. The van der Waals surface area contributed by atoms with Gasteiger partial charge in [-0.15, -0.1) is 0 Å². The highest BCUT2D eigenvalue weighted by Gasteiger charge is 2.16. The molecule has 82 heavy (non-hydrogen) atoms. The maximum absolute atomic E-state index is 12.4. The van der Waals surface area contributed by atoms with Crippen molar-refractivity contribution in [3.05, 3.63) is 194 Å². The van der Waals surface area contributed by atoms with Gasteiger partial charge in [0.25, 0.3) is 0 Å². The molecule has 0 aromatic carbocycles. The van der Waals surface area contributed by atoms with Crippen molar-refractivity contribution in [1.82, 2.24) is 0 Å². The van der Waals surface area contributed by atoms with E-state index in [4.69, 9.17) is 9.47 Å². The molecule has 0 heterocycles. The Hall–Kier alpha value is -5.26. The second-order valence-corrected chi connectivity index (χ2v) is 21.1. The molecule has 1 N–H and O–H groups in total. The minimum absolute atomic E-state index is 0.0836. The van der Waals surface area contributed by atoms with E-state index in [1.165, 1.54) is 83.5 Å². The quantitative estimate of drug-likeness (QED) is 0.0373. The summed E-state index contributed by atoms with van der Waals surface area (Å²) in [4.78, 5) is 24.6. The van der Waals surface area contributed by atoms with Crippen LogP contribution in [0.3, 0.4) is 0 Å². The maximum atomic E-state index is 12.4. The third-order valence-corrected chi connectivity index (χ3v) is 13.4. The zero-order valence-electron chi connectivity index (χ0n) is 52.4. The monoisotopic (exact) mass is 1120 g/mol. The predicted octanol–water partition coefficient (Wildman–Crippen LogP) is 23.2. The van der Waals surface area contributed by atoms with Crippen LogP contribution in [0.2, 0.25) is 0 Å². The van der Waals surface area contributed by atoms with Crippen molar-refractivity contribution < 1.29 is 24.2 Å².